The molecule has 0 spiro atoms. The molecule has 3 heteroatoms. The van der Waals surface area contributed by atoms with Gasteiger partial charge in [-0.2, -0.15) is 0 Å². The molecule has 0 amide bonds. The van der Waals surface area contributed by atoms with Crippen LogP contribution in [0.1, 0.15) is 104 Å². The summed E-state index contributed by atoms with van der Waals surface area (Å²) in [6.07, 6.45) is 14.7. The molecule has 5 rings (SSSR count). The second-order valence-corrected chi connectivity index (χ2v) is 13.2. The van der Waals surface area contributed by atoms with Crippen LogP contribution in [0, 0.1) is 52.3 Å². The first-order valence-corrected chi connectivity index (χ1v) is 13.8. The molecule has 178 valence electrons. The standard InChI is InChI=1S/C28H48O3/c1-17(5-4-6-24(29)18-7-8-18)20-11-12-21-19-9-10-23-26(31)25(30)14-16-28(23,3)22(19)13-15-27(20,21)2/h17-26,29-31H,4-16H2,1-3H3/t17-,19+,20-,21+,22+,23+,24?,25+,26-,27-,28-/m1/s1. The van der Waals surface area contributed by atoms with E-state index in [0.717, 1.165) is 55.3 Å². The molecule has 31 heavy (non-hydrogen) atoms. The molecule has 1 unspecified atom stereocenters. The summed E-state index contributed by atoms with van der Waals surface area (Å²) in [5.74, 6) is 4.98. The van der Waals surface area contributed by atoms with Crippen LogP contribution in [0.5, 0.6) is 0 Å². The minimum atomic E-state index is -0.504. The van der Waals surface area contributed by atoms with Crippen LogP contribution < -0.4 is 0 Å². The fourth-order valence-electron chi connectivity index (χ4n) is 9.86. The summed E-state index contributed by atoms with van der Waals surface area (Å²) in [4.78, 5) is 0. The Morgan fingerprint density at radius 3 is 2.19 bits per heavy atom. The lowest BCUT2D eigenvalue weighted by atomic mass is 9.44. The summed E-state index contributed by atoms with van der Waals surface area (Å²) in [5.41, 5.74) is 0.719. The van der Waals surface area contributed by atoms with Crippen LogP contribution in [0.2, 0.25) is 0 Å². The molecule has 0 heterocycles. The van der Waals surface area contributed by atoms with Crippen molar-refractivity contribution in [2.24, 2.45) is 52.3 Å². The fourth-order valence-corrected chi connectivity index (χ4v) is 9.86. The van der Waals surface area contributed by atoms with Gasteiger partial charge in [-0.3, -0.25) is 0 Å². The first-order chi connectivity index (χ1) is 14.8. The number of hydrogen-bond acceptors (Lipinski definition) is 3. The van der Waals surface area contributed by atoms with Crippen molar-refractivity contribution in [2.45, 2.75) is 123 Å². The number of fused-ring (bicyclic) bond motifs is 5. The van der Waals surface area contributed by atoms with Gasteiger partial charge in [-0.15, -0.1) is 0 Å². The zero-order valence-electron chi connectivity index (χ0n) is 20.3. The third-order valence-electron chi connectivity index (χ3n) is 11.8. The van der Waals surface area contributed by atoms with E-state index in [0.29, 0.717) is 17.3 Å². The maximum atomic E-state index is 10.8. The third kappa shape index (κ3) is 3.73. The van der Waals surface area contributed by atoms with E-state index in [9.17, 15) is 15.3 Å². The number of aliphatic hydroxyl groups is 3. The largest absolute Gasteiger partial charge is 0.393 e. The minimum Gasteiger partial charge on any atom is -0.393 e. The summed E-state index contributed by atoms with van der Waals surface area (Å²) >= 11 is 0. The van der Waals surface area contributed by atoms with Crippen LogP contribution in [0.25, 0.3) is 0 Å². The van der Waals surface area contributed by atoms with Crippen molar-refractivity contribution in [3.8, 4) is 0 Å². The van der Waals surface area contributed by atoms with Gasteiger partial charge in [0.2, 0.25) is 0 Å². The molecule has 5 aliphatic carbocycles. The molecular weight excluding hydrogens is 384 g/mol. The Hall–Kier alpha value is -0.120. The average Bonchev–Trinajstić information content (AvgIpc) is 3.52. The van der Waals surface area contributed by atoms with Crippen molar-refractivity contribution in [3.63, 3.8) is 0 Å². The van der Waals surface area contributed by atoms with E-state index in [1.165, 1.54) is 57.8 Å². The van der Waals surface area contributed by atoms with Crippen molar-refractivity contribution in [1.29, 1.82) is 0 Å². The van der Waals surface area contributed by atoms with E-state index in [2.05, 4.69) is 20.8 Å². The second-order valence-electron chi connectivity index (χ2n) is 13.2. The van der Waals surface area contributed by atoms with Crippen molar-refractivity contribution >= 4 is 0 Å². The number of rotatable bonds is 6. The number of aliphatic hydroxyl groups excluding tert-OH is 3. The third-order valence-corrected chi connectivity index (χ3v) is 11.8. The highest BCUT2D eigenvalue weighted by atomic mass is 16.3. The first-order valence-electron chi connectivity index (χ1n) is 13.8. The Morgan fingerprint density at radius 1 is 0.774 bits per heavy atom. The molecule has 0 aromatic heterocycles. The topological polar surface area (TPSA) is 60.7 Å². The smallest absolute Gasteiger partial charge is 0.0832 e. The quantitative estimate of drug-likeness (QED) is 0.515. The predicted molar refractivity (Wildman–Crippen MR) is 124 cm³/mol. The number of hydrogen-bond donors (Lipinski definition) is 3. The summed E-state index contributed by atoms with van der Waals surface area (Å²) in [5, 5.41) is 31.3. The Bertz CT molecular complexity index is 646. The van der Waals surface area contributed by atoms with Gasteiger partial charge >= 0.3 is 0 Å². The average molecular weight is 433 g/mol. The van der Waals surface area contributed by atoms with E-state index in [4.69, 9.17) is 0 Å². The minimum absolute atomic E-state index is 0.0326. The Kier molecular flexibility index (Phi) is 6.05. The molecule has 5 aliphatic rings. The van der Waals surface area contributed by atoms with E-state index in [-0.39, 0.29) is 11.5 Å². The zero-order chi connectivity index (χ0) is 22.0. The highest BCUT2D eigenvalue weighted by molar-refractivity contribution is 5.11. The van der Waals surface area contributed by atoms with Gasteiger partial charge in [-0.05, 0) is 123 Å². The van der Waals surface area contributed by atoms with E-state index in [1.54, 1.807) is 0 Å². The van der Waals surface area contributed by atoms with Gasteiger partial charge < -0.3 is 15.3 Å². The molecule has 0 saturated heterocycles. The molecule has 3 nitrogen and oxygen atoms in total. The molecular formula is C28H48O3. The van der Waals surface area contributed by atoms with Gasteiger partial charge in [0.15, 0.2) is 0 Å². The van der Waals surface area contributed by atoms with Crippen LogP contribution in [0.4, 0.5) is 0 Å². The summed E-state index contributed by atoms with van der Waals surface area (Å²) < 4.78 is 0. The van der Waals surface area contributed by atoms with Crippen LogP contribution in [0.3, 0.4) is 0 Å². The van der Waals surface area contributed by atoms with Crippen LogP contribution in [0.15, 0.2) is 0 Å². The van der Waals surface area contributed by atoms with Gasteiger partial charge in [-0.1, -0.05) is 33.6 Å². The molecule has 0 aromatic rings. The molecule has 0 bridgehead atoms. The zero-order valence-corrected chi connectivity index (χ0v) is 20.3. The Labute approximate surface area is 190 Å². The van der Waals surface area contributed by atoms with Gasteiger partial charge in [-0.25, -0.2) is 0 Å². The van der Waals surface area contributed by atoms with Crippen molar-refractivity contribution in [2.75, 3.05) is 0 Å². The van der Waals surface area contributed by atoms with Crippen molar-refractivity contribution in [1.82, 2.24) is 0 Å². The molecule has 0 aromatic carbocycles. The summed E-state index contributed by atoms with van der Waals surface area (Å²) in [6.45, 7) is 7.60. The lowest BCUT2D eigenvalue weighted by Gasteiger charge is -2.62. The summed E-state index contributed by atoms with van der Waals surface area (Å²) in [6, 6.07) is 0. The molecule has 0 radical (unpaired) electrons. The predicted octanol–water partition coefficient (Wildman–Crippen LogP) is 5.55. The highest BCUT2D eigenvalue weighted by Gasteiger charge is 2.61. The second kappa shape index (κ2) is 8.27. The molecule has 5 fully saturated rings. The van der Waals surface area contributed by atoms with Crippen molar-refractivity contribution < 1.29 is 15.3 Å². The lowest BCUT2D eigenvalue weighted by Crippen LogP contribution is -2.58. The lowest BCUT2D eigenvalue weighted by molar-refractivity contribution is -0.174. The van der Waals surface area contributed by atoms with Crippen LogP contribution in [-0.2, 0) is 0 Å². The van der Waals surface area contributed by atoms with E-state index >= 15 is 0 Å². The molecule has 3 N–H and O–H groups in total. The van der Waals surface area contributed by atoms with Crippen LogP contribution in [-0.4, -0.2) is 33.6 Å². The normalized spacial score (nSPS) is 51.5. The monoisotopic (exact) mass is 432 g/mol. The van der Waals surface area contributed by atoms with Crippen LogP contribution >= 0.6 is 0 Å². The maximum Gasteiger partial charge on any atom is 0.0832 e. The van der Waals surface area contributed by atoms with Gasteiger partial charge in [0.1, 0.15) is 0 Å². The first kappa shape index (κ1) is 22.7. The maximum absolute atomic E-state index is 10.8. The molecule has 0 aliphatic heterocycles. The highest BCUT2D eigenvalue weighted by Crippen LogP contribution is 2.68. The van der Waals surface area contributed by atoms with Gasteiger partial charge in [0, 0.05) is 0 Å². The van der Waals surface area contributed by atoms with Gasteiger partial charge in [0.05, 0.1) is 18.3 Å². The van der Waals surface area contributed by atoms with E-state index < -0.39 is 12.2 Å². The van der Waals surface area contributed by atoms with E-state index in [1.807, 2.05) is 0 Å². The molecule has 5 saturated carbocycles. The van der Waals surface area contributed by atoms with Crippen molar-refractivity contribution in [3.05, 3.63) is 0 Å². The molecule has 11 atom stereocenters. The SMILES string of the molecule is C[C@H](CCCC(O)C1CC1)[C@H]1CC[C@H]2[C@@H]3CC[C@H]4[C@@H](O)[C@@H](O)CC[C@]4(C)[C@H]3CC[C@]12C. The summed E-state index contributed by atoms with van der Waals surface area (Å²) in [7, 11) is 0. The fraction of sp³-hybridized carbons (Fsp3) is 1.00. The Morgan fingerprint density at radius 2 is 1.45 bits per heavy atom. The Balaban J connectivity index is 1.25. The van der Waals surface area contributed by atoms with Gasteiger partial charge in [0.25, 0.3) is 0 Å².